The Morgan fingerprint density at radius 1 is 0.864 bits per heavy atom. The van der Waals surface area contributed by atoms with Crippen LogP contribution in [0.2, 0.25) is 0 Å². The van der Waals surface area contributed by atoms with Crippen molar-refractivity contribution < 1.29 is 0 Å². The van der Waals surface area contributed by atoms with Gasteiger partial charge in [0.1, 0.15) is 0 Å². The summed E-state index contributed by atoms with van der Waals surface area (Å²) >= 11 is 0. The third kappa shape index (κ3) is 12.3. The molecule has 0 aliphatic rings. The zero-order valence-electron chi connectivity index (χ0n) is 16.4. The van der Waals surface area contributed by atoms with Crippen LogP contribution in [0.3, 0.4) is 0 Å². The molecule has 0 nitrogen and oxygen atoms in total. The van der Waals surface area contributed by atoms with E-state index in [4.69, 9.17) is 0 Å². The monoisotopic (exact) mass is 308 g/mol. The molecule has 0 N–H and O–H groups in total. The normalized spacial score (nSPS) is 15.5. The van der Waals surface area contributed by atoms with Crippen LogP contribution >= 0.6 is 0 Å². The molecule has 0 saturated carbocycles. The molecule has 3 atom stereocenters. The van der Waals surface area contributed by atoms with Crippen LogP contribution in [0.1, 0.15) is 112 Å². The summed E-state index contributed by atoms with van der Waals surface area (Å²) in [7, 11) is 0. The lowest BCUT2D eigenvalue weighted by Crippen LogP contribution is -2.14. The van der Waals surface area contributed by atoms with Crippen molar-refractivity contribution in [2.45, 2.75) is 112 Å². The molecule has 132 valence electrons. The Morgan fingerprint density at radius 3 is 2.00 bits per heavy atom. The van der Waals surface area contributed by atoms with Crippen molar-refractivity contribution >= 4 is 0 Å². The molecular formula is C22H44. The first-order valence-corrected chi connectivity index (χ1v) is 10.2. The van der Waals surface area contributed by atoms with Crippen LogP contribution in [0, 0.1) is 17.8 Å². The highest BCUT2D eigenvalue weighted by atomic mass is 14.2. The van der Waals surface area contributed by atoms with Gasteiger partial charge in [0.15, 0.2) is 0 Å². The van der Waals surface area contributed by atoms with E-state index >= 15 is 0 Å². The van der Waals surface area contributed by atoms with E-state index in [0.717, 1.165) is 17.8 Å². The molecule has 0 amide bonds. The van der Waals surface area contributed by atoms with Gasteiger partial charge in [-0.1, -0.05) is 91.1 Å². The zero-order chi connectivity index (χ0) is 16.8. The van der Waals surface area contributed by atoms with Crippen LogP contribution in [0.4, 0.5) is 0 Å². The maximum Gasteiger partial charge on any atom is -0.0326 e. The Hall–Kier alpha value is -0.260. The minimum absolute atomic E-state index is 0.922. The molecule has 0 rings (SSSR count). The summed E-state index contributed by atoms with van der Waals surface area (Å²) in [6.45, 7) is 15.8. The standard InChI is InChI=1S/C22H44/c1-7-15-21(6)22(8-2)18-20(5)17-14-12-10-9-11-13-16-19(3)4/h20-22H,3,7-18H2,1-2,4-6H3. The summed E-state index contributed by atoms with van der Waals surface area (Å²) in [5.41, 5.74) is 1.34. The summed E-state index contributed by atoms with van der Waals surface area (Å²) in [5, 5.41) is 0. The molecule has 0 aliphatic heterocycles. The lowest BCUT2D eigenvalue weighted by Gasteiger charge is -2.25. The van der Waals surface area contributed by atoms with Crippen LogP contribution in [0.5, 0.6) is 0 Å². The van der Waals surface area contributed by atoms with Crippen molar-refractivity contribution in [3.05, 3.63) is 12.2 Å². The molecule has 0 aromatic carbocycles. The average molecular weight is 309 g/mol. The number of rotatable bonds is 15. The molecule has 3 unspecified atom stereocenters. The largest absolute Gasteiger partial charge is 0.100 e. The summed E-state index contributed by atoms with van der Waals surface area (Å²) in [6, 6.07) is 0. The van der Waals surface area contributed by atoms with Crippen molar-refractivity contribution in [3.63, 3.8) is 0 Å². The Morgan fingerprint density at radius 2 is 1.45 bits per heavy atom. The summed E-state index contributed by atoms with van der Waals surface area (Å²) in [5.74, 6) is 2.80. The van der Waals surface area contributed by atoms with E-state index in [-0.39, 0.29) is 0 Å². The van der Waals surface area contributed by atoms with Crippen LogP contribution in [0.15, 0.2) is 12.2 Å². The highest BCUT2D eigenvalue weighted by Gasteiger charge is 2.17. The first kappa shape index (κ1) is 21.7. The van der Waals surface area contributed by atoms with E-state index in [1.165, 1.54) is 82.6 Å². The lowest BCUT2D eigenvalue weighted by atomic mass is 9.81. The van der Waals surface area contributed by atoms with E-state index in [1.807, 2.05) is 0 Å². The first-order valence-electron chi connectivity index (χ1n) is 10.2. The van der Waals surface area contributed by atoms with E-state index in [9.17, 15) is 0 Å². The van der Waals surface area contributed by atoms with Crippen molar-refractivity contribution in [1.29, 1.82) is 0 Å². The maximum atomic E-state index is 3.98. The second-order valence-electron chi connectivity index (χ2n) is 7.89. The predicted molar refractivity (Wildman–Crippen MR) is 103 cm³/mol. The fraction of sp³-hybridized carbons (Fsp3) is 0.909. The summed E-state index contributed by atoms with van der Waals surface area (Å²) in [4.78, 5) is 0. The van der Waals surface area contributed by atoms with Gasteiger partial charge in [-0.2, -0.15) is 0 Å². The van der Waals surface area contributed by atoms with Gasteiger partial charge in [0.2, 0.25) is 0 Å². The Kier molecular flexibility index (Phi) is 14.2. The maximum absolute atomic E-state index is 3.98. The Bertz CT molecular complexity index is 253. The molecule has 22 heavy (non-hydrogen) atoms. The lowest BCUT2D eigenvalue weighted by molar-refractivity contribution is 0.259. The first-order chi connectivity index (χ1) is 10.5. The Balaban J connectivity index is 3.59. The number of hydrogen-bond acceptors (Lipinski definition) is 0. The minimum Gasteiger partial charge on any atom is -0.100 e. The van der Waals surface area contributed by atoms with E-state index in [0.29, 0.717) is 0 Å². The highest BCUT2D eigenvalue weighted by molar-refractivity contribution is 4.86. The SMILES string of the molecule is C=C(C)CCCCCCCCC(C)CC(CC)C(C)CCC. The molecule has 0 spiro atoms. The molecule has 0 bridgehead atoms. The average Bonchev–Trinajstić information content (AvgIpc) is 2.47. The predicted octanol–water partition coefficient (Wildman–Crippen LogP) is 8.17. The second-order valence-corrected chi connectivity index (χ2v) is 7.89. The highest BCUT2D eigenvalue weighted by Crippen LogP contribution is 2.29. The smallest absolute Gasteiger partial charge is 0.0326 e. The molecule has 0 aromatic heterocycles. The quantitative estimate of drug-likeness (QED) is 0.211. The molecule has 0 radical (unpaired) electrons. The van der Waals surface area contributed by atoms with Crippen molar-refractivity contribution in [3.8, 4) is 0 Å². The van der Waals surface area contributed by atoms with Crippen LogP contribution < -0.4 is 0 Å². The van der Waals surface area contributed by atoms with E-state index in [1.54, 1.807) is 0 Å². The van der Waals surface area contributed by atoms with E-state index < -0.39 is 0 Å². The van der Waals surface area contributed by atoms with Gasteiger partial charge in [-0.15, -0.1) is 6.58 Å². The molecule has 0 aliphatic carbocycles. The van der Waals surface area contributed by atoms with Gasteiger partial charge in [-0.25, -0.2) is 0 Å². The van der Waals surface area contributed by atoms with Crippen molar-refractivity contribution in [1.82, 2.24) is 0 Å². The third-order valence-corrected chi connectivity index (χ3v) is 5.33. The fourth-order valence-electron chi connectivity index (χ4n) is 3.75. The Labute approximate surface area is 142 Å². The summed E-state index contributed by atoms with van der Waals surface area (Å²) in [6.07, 6.45) is 16.7. The van der Waals surface area contributed by atoms with Crippen LogP contribution in [0.25, 0.3) is 0 Å². The van der Waals surface area contributed by atoms with Crippen LogP contribution in [-0.4, -0.2) is 0 Å². The van der Waals surface area contributed by atoms with Gasteiger partial charge in [-0.3, -0.25) is 0 Å². The zero-order valence-corrected chi connectivity index (χ0v) is 16.4. The topological polar surface area (TPSA) is 0 Å². The van der Waals surface area contributed by atoms with Crippen molar-refractivity contribution in [2.75, 3.05) is 0 Å². The van der Waals surface area contributed by atoms with E-state index in [2.05, 4.69) is 41.2 Å². The van der Waals surface area contributed by atoms with Crippen molar-refractivity contribution in [2.24, 2.45) is 17.8 Å². The number of unbranched alkanes of at least 4 members (excludes halogenated alkanes) is 5. The van der Waals surface area contributed by atoms with Gasteiger partial charge in [-0.05, 0) is 43.9 Å². The van der Waals surface area contributed by atoms with Gasteiger partial charge in [0.05, 0.1) is 0 Å². The molecular weight excluding hydrogens is 264 g/mol. The molecule has 0 heterocycles. The molecule has 0 fully saturated rings. The second kappa shape index (κ2) is 14.3. The minimum atomic E-state index is 0.922. The van der Waals surface area contributed by atoms with Gasteiger partial charge in [0.25, 0.3) is 0 Å². The fourth-order valence-corrected chi connectivity index (χ4v) is 3.75. The van der Waals surface area contributed by atoms with Crippen LogP contribution in [-0.2, 0) is 0 Å². The van der Waals surface area contributed by atoms with Gasteiger partial charge in [0, 0.05) is 0 Å². The third-order valence-electron chi connectivity index (χ3n) is 5.33. The van der Waals surface area contributed by atoms with Gasteiger partial charge >= 0.3 is 0 Å². The number of allylic oxidation sites excluding steroid dienone is 1. The molecule has 0 aromatic rings. The number of hydrogen-bond donors (Lipinski definition) is 0. The molecule has 0 saturated heterocycles. The summed E-state index contributed by atoms with van der Waals surface area (Å²) < 4.78 is 0. The van der Waals surface area contributed by atoms with Gasteiger partial charge < -0.3 is 0 Å². The molecule has 0 heteroatoms.